The minimum absolute atomic E-state index is 0.114. The first-order valence-electron chi connectivity index (χ1n) is 5.86. The van der Waals surface area contributed by atoms with Crippen LogP contribution >= 0.6 is 34.5 Å². The molecule has 0 unspecified atom stereocenters. The van der Waals surface area contributed by atoms with Crippen molar-refractivity contribution in [1.29, 1.82) is 0 Å². The second-order valence-corrected chi connectivity index (χ2v) is 5.80. The van der Waals surface area contributed by atoms with E-state index in [2.05, 4.69) is 11.6 Å². The SMILES string of the molecule is C=CCN(Cc1cccs1)C(=O)c1ccc(Cl)nc1Cl. The lowest BCUT2D eigenvalue weighted by Crippen LogP contribution is -2.30. The first kappa shape index (κ1) is 15.0. The Morgan fingerprint density at radius 2 is 2.20 bits per heavy atom. The third-order valence-corrected chi connectivity index (χ3v) is 3.97. The van der Waals surface area contributed by atoms with E-state index < -0.39 is 0 Å². The lowest BCUT2D eigenvalue weighted by atomic mass is 10.2. The van der Waals surface area contributed by atoms with E-state index in [0.29, 0.717) is 18.7 Å². The van der Waals surface area contributed by atoms with E-state index in [1.165, 1.54) is 0 Å². The summed E-state index contributed by atoms with van der Waals surface area (Å²) in [4.78, 5) is 19.2. The number of hydrogen-bond acceptors (Lipinski definition) is 3. The third-order valence-electron chi connectivity index (χ3n) is 2.61. The quantitative estimate of drug-likeness (QED) is 0.607. The maximum atomic E-state index is 12.5. The monoisotopic (exact) mass is 326 g/mol. The highest BCUT2D eigenvalue weighted by Crippen LogP contribution is 2.20. The summed E-state index contributed by atoms with van der Waals surface area (Å²) < 4.78 is 0. The molecule has 0 aromatic carbocycles. The van der Waals surface area contributed by atoms with Crippen LogP contribution in [0.4, 0.5) is 0 Å². The van der Waals surface area contributed by atoms with Crippen molar-refractivity contribution < 1.29 is 4.79 Å². The summed E-state index contributed by atoms with van der Waals surface area (Å²) in [6.07, 6.45) is 1.68. The third kappa shape index (κ3) is 3.60. The Labute approximate surface area is 131 Å². The molecule has 0 fully saturated rings. The van der Waals surface area contributed by atoms with Gasteiger partial charge < -0.3 is 4.90 Å². The topological polar surface area (TPSA) is 33.2 Å². The van der Waals surface area contributed by atoms with E-state index in [-0.39, 0.29) is 16.2 Å². The van der Waals surface area contributed by atoms with Gasteiger partial charge in [0, 0.05) is 11.4 Å². The van der Waals surface area contributed by atoms with Crippen molar-refractivity contribution in [3.05, 3.63) is 63.0 Å². The van der Waals surface area contributed by atoms with E-state index in [1.54, 1.807) is 34.4 Å². The Hall–Kier alpha value is -1.36. The average Bonchev–Trinajstić information content (AvgIpc) is 2.90. The van der Waals surface area contributed by atoms with Gasteiger partial charge in [-0.15, -0.1) is 17.9 Å². The van der Waals surface area contributed by atoms with Gasteiger partial charge in [-0.1, -0.05) is 35.3 Å². The summed E-state index contributed by atoms with van der Waals surface area (Å²) >= 11 is 13.3. The fourth-order valence-corrected chi connectivity index (χ4v) is 2.85. The number of amides is 1. The maximum absolute atomic E-state index is 12.5. The van der Waals surface area contributed by atoms with Crippen LogP contribution in [0, 0.1) is 0 Å². The number of carbonyl (C=O) groups excluding carboxylic acids is 1. The molecule has 0 aliphatic heterocycles. The van der Waals surface area contributed by atoms with Crippen LogP contribution in [0.5, 0.6) is 0 Å². The molecule has 2 aromatic rings. The van der Waals surface area contributed by atoms with Gasteiger partial charge in [-0.05, 0) is 23.6 Å². The molecule has 0 spiro atoms. The number of rotatable bonds is 5. The molecule has 0 bridgehead atoms. The summed E-state index contributed by atoms with van der Waals surface area (Å²) in [5, 5.41) is 2.35. The minimum atomic E-state index is -0.188. The number of halogens is 2. The Morgan fingerprint density at radius 1 is 1.40 bits per heavy atom. The highest BCUT2D eigenvalue weighted by atomic mass is 35.5. The normalized spacial score (nSPS) is 10.3. The van der Waals surface area contributed by atoms with Crippen LogP contribution in [-0.2, 0) is 6.54 Å². The molecular formula is C14H12Cl2N2OS. The minimum Gasteiger partial charge on any atom is -0.330 e. The van der Waals surface area contributed by atoms with Gasteiger partial charge in [-0.3, -0.25) is 4.79 Å². The molecule has 0 atom stereocenters. The molecule has 0 saturated heterocycles. The van der Waals surface area contributed by atoms with Gasteiger partial charge in [0.25, 0.3) is 5.91 Å². The van der Waals surface area contributed by atoms with Crippen LogP contribution in [-0.4, -0.2) is 22.3 Å². The van der Waals surface area contributed by atoms with Gasteiger partial charge in [-0.25, -0.2) is 4.98 Å². The second kappa shape index (κ2) is 6.88. The van der Waals surface area contributed by atoms with Crippen molar-refractivity contribution in [2.24, 2.45) is 0 Å². The summed E-state index contributed by atoms with van der Waals surface area (Å²) in [5.74, 6) is -0.188. The van der Waals surface area contributed by atoms with E-state index in [9.17, 15) is 4.79 Å². The summed E-state index contributed by atoms with van der Waals surface area (Å²) in [6, 6.07) is 7.07. The van der Waals surface area contributed by atoms with Crippen molar-refractivity contribution in [1.82, 2.24) is 9.88 Å². The highest BCUT2D eigenvalue weighted by Gasteiger charge is 2.19. The summed E-state index contributed by atoms with van der Waals surface area (Å²) in [5.41, 5.74) is 0.342. The number of aromatic nitrogens is 1. The van der Waals surface area contributed by atoms with Gasteiger partial charge >= 0.3 is 0 Å². The second-order valence-electron chi connectivity index (χ2n) is 4.03. The van der Waals surface area contributed by atoms with E-state index in [4.69, 9.17) is 23.2 Å². The molecule has 0 N–H and O–H groups in total. The maximum Gasteiger partial charge on any atom is 0.257 e. The number of thiophene rings is 1. The number of pyridine rings is 1. The summed E-state index contributed by atoms with van der Waals surface area (Å²) in [6.45, 7) is 4.64. The van der Waals surface area contributed by atoms with Crippen LogP contribution in [0.2, 0.25) is 10.3 Å². The van der Waals surface area contributed by atoms with Gasteiger partial charge in [0.15, 0.2) is 0 Å². The Bertz CT molecular complexity index is 614. The average molecular weight is 327 g/mol. The standard InChI is InChI=1S/C14H12Cl2N2OS/c1-2-7-18(9-10-4-3-8-20-10)14(19)11-5-6-12(15)17-13(11)16/h2-6,8H,1,7,9H2. The molecule has 0 saturated carbocycles. The van der Waals surface area contributed by atoms with Gasteiger partial charge in [0.2, 0.25) is 0 Å². The fourth-order valence-electron chi connectivity index (χ4n) is 1.71. The van der Waals surface area contributed by atoms with E-state index in [1.807, 2.05) is 17.5 Å². The van der Waals surface area contributed by atoms with Crippen LogP contribution < -0.4 is 0 Å². The van der Waals surface area contributed by atoms with E-state index >= 15 is 0 Å². The van der Waals surface area contributed by atoms with Crippen LogP contribution in [0.25, 0.3) is 0 Å². The lowest BCUT2D eigenvalue weighted by Gasteiger charge is -2.20. The van der Waals surface area contributed by atoms with Crippen molar-refractivity contribution in [2.75, 3.05) is 6.54 Å². The lowest BCUT2D eigenvalue weighted by molar-refractivity contribution is 0.0764. The number of nitrogens with zero attached hydrogens (tertiary/aromatic N) is 2. The Balaban J connectivity index is 2.24. The smallest absolute Gasteiger partial charge is 0.257 e. The molecule has 0 radical (unpaired) electrons. The van der Waals surface area contributed by atoms with Crippen LogP contribution in [0.15, 0.2) is 42.3 Å². The van der Waals surface area contributed by atoms with Crippen LogP contribution in [0.1, 0.15) is 15.2 Å². The molecule has 2 heterocycles. The zero-order valence-corrected chi connectivity index (χ0v) is 12.9. The summed E-state index contributed by atoms with van der Waals surface area (Å²) in [7, 11) is 0. The molecule has 0 aliphatic carbocycles. The van der Waals surface area contributed by atoms with Crippen molar-refractivity contribution >= 4 is 40.4 Å². The van der Waals surface area contributed by atoms with Crippen LogP contribution in [0.3, 0.4) is 0 Å². The molecule has 2 aromatic heterocycles. The first-order chi connectivity index (χ1) is 9.61. The van der Waals surface area contributed by atoms with Crippen molar-refractivity contribution in [3.63, 3.8) is 0 Å². The number of hydrogen-bond donors (Lipinski definition) is 0. The van der Waals surface area contributed by atoms with Crippen molar-refractivity contribution in [3.8, 4) is 0 Å². The predicted octanol–water partition coefficient (Wildman–Crippen LogP) is 4.28. The zero-order chi connectivity index (χ0) is 14.5. The highest BCUT2D eigenvalue weighted by molar-refractivity contribution is 7.09. The molecule has 0 aliphatic rings. The van der Waals surface area contributed by atoms with Gasteiger partial charge in [-0.2, -0.15) is 0 Å². The van der Waals surface area contributed by atoms with Gasteiger partial charge in [0.05, 0.1) is 12.1 Å². The molecular weight excluding hydrogens is 315 g/mol. The number of carbonyl (C=O) groups is 1. The molecule has 104 valence electrons. The fraction of sp³-hybridized carbons (Fsp3) is 0.143. The largest absolute Gasteiger partial charge is 0.330 e. The molecule has 2 rings (SSSR count). The first-order valence-corrected chi connectivity index (χ1v) is 7.50. The predicted molar refractivity (Wildman–Crippen MR) is 83.5 cm³/mol. The molecule has 20 heavy (non-hydrogen) atoms. The molecule has 6 heteroatoms. The zero-order valence-electron chi connectivity index (χ0n) is 10.6. The van der Waals surface area contributed by atoms with Crippen molar-refractivity contribution in [2.45, 2.75) is 6.54 Å². The molecule has 3 nitrogen and oxygen atoms in total. The molecule has 1 amide bonds. The Morgan fingerprint density at radius 3 is 2.80 bits per heavy atom. The van der Waals surface area contributed by atoms with Gasteiger partial charge in [0.1, 0.15) is 10.3 Å². The van der Waals surface area contributed by atoms with E-state index in [0.717, 1.165) is 4.88 Å². The Kier molecular flexibility index (Phi) is 5.17.